The molecule has 134 valence electrons. The van der Waals surface area contributed by atoms with Crippen LogP contribution in [0.1, 0.15) is 25.2 Å². The molecule has 2 atom stereocenters. The number of hydrogen-bond donors (Lipinski definition) is 2. The molecule has 5 nitrogen and oxygen atoms in total. The highest BCUT2D eigenvalue weighted by Crippen LogP contribution is 2.16. The Morgan fingerprint density at radius 1 is 1.38 bits per heavy atom. The number of aryl methyl sites for hydroxylation is 1. The van der Waals surface area contributed by atoms with E-state index in [1.54, 1.807) is 42.9 Å². The van der Waals surface area contributed by atoms with E-state index >= 15 is 0 Å². The van der Waals surface area contributed by atoms with Crippen molar-refractivity contribution in [3.05, 3.63) is 47.8 Å². The first-order valence-corrected chi connectivity index (χ1v) is 7.22. The maximum atomic E-state index is 14.2. The standard InChI is InChI=1S/C16H21FN4O.2ClH/c1-10(11(2)18)16(22)20-9-13-4-5-15(14(17)8-13)21-7-6-19-12(21)3;;/h4-8,10-11H,9,18H2,1-3H3,(H,20,22);2*1H. The summed E-state index contributed by atoms with van der Waals surface area (Å²) in [5.41, 5.74) is 6.83. The summed E-state index contributed by atoms with van der Waals surface area (Å²) in [7, 11) is 0. The maximum absolute atomic E-state index is 14.2. The first-order chi connectivity index (χ1) is 10.4. The number of nitrogens with one attached hydrogen (secondary N) is 1. The van der Waals surface area contributed by atoms with Crippen LogP contribution >= 0.6 is 24.8 Å². The molecule has 0 aliphatic carbocycles. The highest BCUT2D eigenvalue weighted by atomic mass is 35.5. The molecule has 2 rings (SSSR count). The molecule has 0 aliphatic rings. The lowest BCUT2D eigenvalue weighted by Crippen LogP contribution is -2.38. The van der Waals surface area contributed by atoms with Crippen LogP contribution in [-0.4, -0.2) is 21.5 Å². The summed E-state index contributed by atoms with van der Waals surface area (Å²) in [6.45, 7) is 5.64. The normalized spacial score (nSPS) is 12.5. The third-order valence-electron chi connectivity index (χ3n) is 3.77. The third-order valence-corrected chi connectivity index (χ3v) is 3.77. The third kappa shape index (κ3) is 5.19. The van der Waals surface area contributed by atoms with Gasteiger partial charge in [0.1, 0.15) is 11.6 Å². The van der Waals surface area contributed by atoms with Crippen LogP contribution in [0.15, 0.2) is 30.6 Å². The molecule has 1 aromatic heterocycles. The van der Waals surface area contributed by atoms with Crippen LogP contribution in [0.3, 0.4) is 0 Å². The summed E-state index contributed by atoms with van der Waals surface area (Å²) in [6, 6.07) is 4.67. The van der Waals surface area contributed by atoms with Crippen LogP contribution in [0.25, 0.3) is 5.69 Å². The number of carbonyl (C=O) groups excluding carboxylic acids is 1. The van der Waals surface area contributed by atoms with Crippen LogP contribution in [-0.2, 0) is 11.3 Å². The number of hydrogen-bond acceptors (Lipinski definition) is 3. The molecule has 2 unspecified atom stereocenters. The average Bonchev–Trinajstić information content (AvgIpc) is 2.90. The number of halogens is 3. The smallest absolute Gasteiger partial charge is 0.224 e. The Balaban J connectivity index is 0.00000264. The average molecular weight is 377 g/mol. The molecular weight excluding hydrogens is 354 g/mol. The highest BCUT2D eigenvalue weighted by molar-refractivity contribution is 5.85. The van der Waals surface area contributed by atoms with Crippen molar-refractivity contribution in [2.45, 2.75) is 33.4 Å². The van der Waals surface area contributed by atoms with Gasteiger partial charge in [0.2, 0.25) is 5.91 Å². The number of aromatic nitrogens is 2. The molecule has 1 aromatic carbocycles. The summed E-state index contributed by atoms with van der Waals surface area (Å²) in [4.78, 5) is 15.9. The lowest BCUT2D eigenvalue weighted by molar-refractivity contribution is -0.125. The van der Waals surface area contributed by atoms with Crippen LogP contribution < -0.4 is 11.1 Å². The molecule has 0 spiro atoms. The van der Waals surface area contributed by atoms with Gasteiger partial charge in [-0.05, 0) is 31.5 Å². The van der Waals surface area contributed by atoms with Crippen LogP contribution in [0, 0.1) is 18.7 Å². The van der Waals surface area contributed by atoms with Crippen molar-refractivity contribution in [2.24, 2.45) is 11.7 Å². The summed E-state index contributed by atoms with van der Waals surface area (Å²) in [5.74, 6) is -0.0542. The van der Waals surface area contributed by atoms with Gasteiger partial charge in [-0.25, -0.2) is 9.37 Å². The van der Waals surface area contributed by atoms with Gasteiger partial charge >= 0.3 is 0 Å². The largest absolute Gasteiger partial charge is 0.352 e. The quantitative estimate of drug-likeness (QED) is 0.842. The van der Waals surface area contributed by atoms with E-state index < -0.39 is 0 Å². The van der Waals surface area contributed by atoms with Gasteiger partial charge in [-0.3, -0.25) is 4.79 Å². The van der Waals surface area contributed by atoms with Gasteiger partial charge < -0.3 is 15.6 Å². The molecule has 0 fully saturated rings. The molecule has 1 amide bonds. The summed E-state index contributed by atoms with van der Waals surface area (Å²) in [5, 5.41) is 2.77. The van der Waals surface area contributed by atoms with Gasteiger partial charge in [-0.2, -0.15) is 0 Å². The molecular formula is C16H23Cl2FN4O. The fourth-order valence-corrected chi connectivity index (χ4v) is 2.08. The van der Waals surface area contributed by atoms with Crippen LogP contribution in [0.4, 0.5) is 4.39 Å². The summed E-state index contributed by atoms with van der Waals surface area (Å²) < 4.78 is 15.9. The Hall–Kier alpha value is -1.63. The second-order valence-electron chi connectivity index (χ2n) is 5.50. The van der Waals surface area contributed by atoms with E-state index in [0.717, 1.165) is 0 Å². The molecule has 1 heterocycles. The van der Waals surface area contributed by atoms with Crippen molar-refractivity contribution >= 4 is 30.7 Å². The van der Waals surface area contributed by atoms with Crippen LogP contribution in [0.2, 0.25) is 0 Å². The predicted molar refractivity (Wildman–Crippen MR) is 97.4 cm³/mol. The van der Waals surface area contributed by atoms with Crippen LogP contribution in [0.5, 0.6) is 0 Å². The molecule has 0 radical (unpaired) electrons. The zero-order valence-corrected chi connectivity index (χ0v) is 15.5. The van der Waals surface area contributed by atoms with E-state index in [1.165, 1.54) is 6.07 Å². The Kier molecular flexibility index (Phi) is 8.96. The number of carbonyl (C=O) groups is 1. The van der Waals surface area contributed by atoms with Crippen molar-refractivity contribution in [1.82, 2.24) is 14.9 Å². The van der Waals surface area contributed by atoms with E-state index in [1.807, 2.05) is 6.92 Å². The molecule has 0 saturated heterocycles. The predicted octanol–water partition coefficient (Wildman–Crippen LogP) is 2.76. The molecule has 8 heteroatoms. The van der Waals surface area contributed by atoms with E-state index in [-0.39, 0.29) is 55.0 Å². The first kappa shape index (κ1) is 22.4. The maximum Gasteiger partial charge on any atom is 0.224 e. The molecule has 0 bridgehead atoms. The zero-order valence-electron chi connectivity index (χ0n) is 13.8. The Labute approximate surface area is 153 Å². The topological polar surface area (TPSA) is 72.9 Å². The minimum Gasteiger partial charge on any atom is -0.352 e. The van der Waals surface area contributed by atoms with Gasteiger partial charge in [0.25, 0.3) is 0 Å². The minimum absolute atomic E-state index is 0. The molecule has 24 heavy (non-hydrogen) atoms. The Bertz CT molecular complexity index is 676. The number of rotatable bonds is 5. The van der Waals surface area contributed by atoms with E-state index in [0.29, 0.717) is 17.1 Å². The van der Waals surface area contributed by atoms with Crippen molar-refractivity contribution in [2.75, 3.05) is 0 Å². The number of imidazole rings is 1. The number of amides is 1. The van der Waals surface area contributed by atoms with Gasteiger partial charge in [-0.1, -0.05) is 13.0 Å². The second-order valence-corrected chi connectivity index (χ2v) is 5.50. The van der Waals surface area contributed by atoms with Crippen molar-refractivity contribution in [3.63, 3.8) is 0 Å². The molecule has 0 aliphatic heterocycles. The zero-order chi connectivity index (χ0) is 16.3. The Morgan fingerprint density at radius 3 is 2.54 bits per heavy atom. The second kappa shape index (κ2) is 9.61. The fourth-order valence-electron chi connectivity index (χ4n) is 2.08. The van der Waals surface area contributed by atoms with E-state index in [9.17, 15) is 9.18 Å². The minimum atomic E-state index is -0.354. The van der Waals surface area contributed by atoms with Gasteiger partial charge in [0.15, 0.2) is 0 Å². The Morgan fingerprint density at radius 2 is 2.04 bits per heavy atom. The van der Waals surface area contributed by atoms with Gasteiger partial charge in [0, 0.05) is 30.9 Å². The fraction of sp³-hybridized carbons (Fsp3) is 0.375. The van der Waals surface area contributed by atoms with Crippen molar-refractivity contribution in [1.29, 1.82) is 0 Å². The van der Waals surface area contributed by atoms with Crippen molar-refractivity contribution < 1.29 is 9.18 Å². The number of nitrogens with zero attached hydrogens (tertiary/aromatic N) is 2. The first-order valence-electron chi connectivity index (χ1n) is 7.22. The SMILES string of the molecule is Cc1nccn1-c1ccc(CNC(=O)C(C)C(C)N)cc1F.Cl.Cl. The number of nitrogens with two attached hydrogens (primary N) is 1. The highest BCUT2D eigenvalue weighted by Gasteiger charge is 2.16. The van der Waals surface area contributed by atoms with Gasteiger partial charge in [0.05, 0.1) is 5.69 Å². The molecule has 3 N–H and O–H groups in total. The van der Waals surface area contributed by atoms with Crippen molar-refractivity contribution in [3.8, 4) is 5.69 Å². The molecule has 0 saturated carbocycles. The van der Waals surface area contributed by atoms with E-state index in [4.69, 9.17) is 5.73 Å². The lowest BCUT2D eigenvalue weighted by atomic mass is 10.0. The van der Waals surface area contributed by atoms with Gasteiger partial charge in [-0.15, -0.1) is 24.8 Å². The summed E-state index contributed by atoms with van der Waals surface area (Å²) in [6.07, 6.45) is 3.33. The monoisotopic (exact) mass is 376 g/mol. The summed E-state index contributed by atoms with van der Waals surface area (Å²) >= 11 is 0. The van der Waals surface area contributed by atoms with E-state index in [2.05, 4.69) is 10.3 Å². The molecule has 2 aromatic rings. The number of benzene rings is 1. The lowest BCUT2D eigenvalue weighted by Gasteiger charge is -2.15.